The van der Waals surface area contributed by atoms with Gasteiger partial charge in [-0.25, -0.2) is 8.42 Å². The fraction of sp³-hybridized carbons (Fsp3) is 0.909. The highest BCUT2D eigenvalue weighted by Crippen LogP contribution is 2.34. The third-order valence-electron chi connectivity index (χ3n) is 3.34. The summed E-state index contributed by atoms with van der Waals surface area (Å²) in [6, 6.07) is 0. The number of ether oxygens (including phenoxy) is 3. The molecule has 4 unspecified atom stereocenters. The summed E-state index contributed by atoms with van der Waals surface area (Å²) >= 11 is 0. The van der Waals surface area contributed by atoms with Crippen molar-refractivity contribution in [3.05, 3.63) is 0 Å². The average Bonchev–Trinajstić information content (AvgIpc) is 2.81. The molecule has 0 N–H and O–H groups in total. The number of esters is 1. The summed E-state index contributed by atoms with van der Waals surface area (Å²) in [4.78, 5) is 11.3. The quantitative estimate of drug-likeness (QED) is 0.661. The molecule has 0 amide bonds. The van der Waals surface area contributed by atoms with E-state index in [1.54, 1.807) is 6.92 Å². The number of carbonyl (C=O) groups is 1. The molecule has 6 nitrogen and oxygen atoms in total. The highest BCUT2D eigenvalue weighted by Gasteiger charge is 2.51. The van der Waals surface area contributed by atoms with E-state index >= 15 is 0 Å². The monoisotopic (exact) mass is 278 g/mol. The van der Waals surface area contributed by atoms with Crippen molar-refractivity contribution < 1.29 is 27.4 Å². The first kappa shape index (κ1) is 13.8. The van der Waals surface area contributed by atoms with Gasteiger partial charge in [-0.15, -0.1) is 0 Å². The molecule has 0 spiro atoms. The minimum absolute atomic E-state index is 0.0986. The van der Waals surface area contributed by atoms with Crippen LogP contribution in [0.1, 0.15) is 13.8 Å². The van der Waals surface area contributed by atoms with Crippen LogP contribution in [-0.4, -0.2) is 57.4 Å². The highest BCUT2D eigenvalue weighted by molar-refractivity contribution is 7.92. The number of carbonyl (C=O) groups excluding carboxylic acids is 1. The lowest BCUT2D eigenvalue weighted by Gasteiger charge is -2.16. The Hall–Kier alpha value is -0.660. The molecule has 104 valence electrons. The highest BCUT2D eigenvalue weighted by atomic mass is 32.2. The van der Waals surface area contributed by atoms with Crippen molar-refractivity contribution in [3.63, 3.8) is 0 Å². The Kier molecular flexibility index (Phi) is 3.93. The van der Waals surface area contributed by atoms with Crippen molar-refractivity contribution in [2.45, 2.75) is 31.3 Å². The van der Waals surface area contributed by atoms with Crippen LogP contribution < -0.4 is 0 Å². The fourth-order valence-corrected chi connectivity index (χ4v) is 3.99. The summed E-state index contributed by atoms with van der Waals surface area (Å²) < 4.78 is 39.8. The molecule has 0 aromatic carbocycles. The van der Waals surface area contributed by atoms with E-state index in [0.29, 0.717) is 6.61 Å². The van der Waals surface area contributed by atoms with E-state index in [0.717, 1.165) is 0 Å². The lowest BCUT2D eigenvalue weighted by molar-refractivity contribution is -0.139. The molecular formula is C11H18O6S. The van der Waals surface area contributed by atoms with E-state index in [2.05, 4.69) is 4.74 Å². The smallest absolute Gasteiger partial charge is 0.321 e. The Morgan fingerprint density at radius 2 is 1.94 bits per heavy atom. The number of fused-ring (bicyclic) bond motifs is 1. The Labute approximate surface area is 107 Å². The van der Waals surface area contributed by atoms with Gasteiger partial charge in [0.25, 0.3) is 0 Å². The summed E-state index contributed by atoms with van der Waals surface area (Å²) in [7, 11) is -3.58. The molecule has 0 bridgehead atoms. The Morgan fingerprint density at radius 1 is 1.28 bits per heavy atom. The standard InChI is InChI=1S/C11H18O6S/c1-3-15-9(12)6-18(13,14)8-5-17-10-7(2)4-16-11(8)10/h7-8,10-11H,3-6H2,1-2H3. The van der Waals surface area contributed by atoms with Gasteiger partial charge in [0.15, 0.2) is 9.84 Å². The van der Waals surface area contributed by atoms with Crippen molar-refractivity contribution >= 4 is 15.8 Å². The maximum Gasteiger partial charge on any atom is 0.321 e. The van der Waals surface area contributed by atoms with Crippen molar-refractivity contribution in [2.24, 2.45) is 5.92 Å². The second-order valence-electron chi connectivity index (χ2n) is 4.72. The minimum atomic E-state index is -3.58. The molecule has 0 radical (unpaired) electrons. The third kappa shape index (κ3) is 2.53. The molecule has 2 heterocycles. The number of hydrogen-bond donors (Lipinski definition) is 0. The lowest BCUT2D eigenvalue weighted by atomic mass is 10.0. The normalized spacial score (nSPS) is 35.4. The number of rotatable bonds is 4. The van der Waals surface area contributed by atoms with E-state index in [4.69, 9.17) is 9.47 Å². The summed E-state index contributed by atoms with van der Waals surface area (Å²) in [6.45, 7) is 4.38. The molecule has 4 atom stereocenters. The SMILES string of the molecule is CCOC(=O)CS(=O)(=O)C1COC2C(C)COC21. The molecule has 2 saturated heterocycles. The number of sulfone groups is 1. The topological polar surface area (TPSA) is 78.9 Å². The van der Waals surface area contributed by atoms with Crippen LogP contribution in [0.15, 0.2) is 0 Å². The molecule has 7 heteroatoms. The zero-order valence-corrected chi connectivity index (χ0v) is 11.3. The fourth-order valence-electron chi connectivity index (χ4n) is 2.44. The lowest BCUT2D eigenvalue weighted by Crippen LogP contribution is -2.38. The van der Waals surface area contributed by atoms with Gasteiger partial charge < -0.3 is 14.2 Å². The van der Waals surface area contributed by atoms with E-state index in [-0.39, 0.29) is 25.2 Å². The van der Waals surface area contributed by atoms with Gasteiger partial charge in [-0.3, -0.25) is 4.79 Å². The van der Waals surface area contributed by atoms with Crippen molar-refractivity contribution in [1.29, 1.82) is 0 Å². The first-order valence-corrected chi connectivity index (χ1v) is 7.77. The van der Waals surface area contributed by atoms with Crippen LogP contribution in [-0.2, 0) is 28.8 Å². The summed E-state index contributed by atoms with van der Waals surface area (Å²) in [5, 5.41) is -0.753. The van der Waals surface area contributed by atoms with Crippen LogP contribution in [0.3, 0.4) is 0 Å². The maximum absolute atomic E-state index is 12.1. The molecule has 2 aliphatic heterocycles. The Bertz CT molecular complexity index is 417. The van der Waals surface area contributed by atoms with Gasteiger partial charge in [0, 0.05) is 5.92 Å². The van der Waals surface area contributed by atoms with Gasteiger partial charge in [-0.1, -0.05) is 6.92 Å². The van der Waals surface area contributed by atoms with Gasteiger partial charge >= 0.3 is 5.97 Å². The average molecular weight is 278 g/mol. The summed E-state index contributed by atoms with van der Waals surface area (Å²) in [5.41, 5.74) is 0. The molecule has 0 aromatic rings. The van der Waals surface area contributed by atoms with Gasteiger partial charge in [0.1, 0.15) is 17.1 Å². The minimum Gasteiger partial charge on any atom is -0.465 e. The van der Waals surface area contributed by atoms with Crippen LogP contribution in [0.4, 0.5) is 0 Å². The molecule has 2 aliphatic rings. The van der Waals surface area contributed by atoms with Crippen molar-refractivity contribution in [2.75, 3.05) is 25.6 Å². The first-order valence-electron chi connectivity index (χ1n) is 6.06. The second kappa shape index (κ2) is 5.14. The zero-order chi connectivity index (χ0) is 13.3. The number of hydrogen-bond acceptors (Lipinski definition) is 6. The van der Waals surface area contributed by atoms with Crippen LogP contribution in [0.5, 0.6) is 0 Å². The van der Waals surface area contributed by atoms with Crippen LogP contribution >= 0.6 is 0 Å². The van der Waals surface area contributed by atoms with Crippen LogP contribution in [0.2, 0.25) is 0 Å². The van der Waals surface area contributed by atoms with Crippen molar-refractivity contribution in [3.8, 4) is 0 Å². The third-order valence-corrected chi connectivity index (χ3v) is 5.31. The van der Waals surface area contributed by atoms with E-state index in [1.807, 2.05) is 6.92 Å². The van der Waals surface area contributed by atoms with Gasteiger partial charge in [-0.05, 0) is 6.92 Å². The molecule has 2 rings (SSSR count). The van der Waals surface area contributed by atoms with E-state index < -0.39 is 32.9 Å². The molecule has 0 aromatic heterocycles. The second-order valence-corrected chi connectivity index (χ2v) is 6.94. The predicted molar refractivity (Wildman–Crippen MR) is 62.9 cm³/mol. The van der Waals surface area contributed by atoms with Gasteiger partial charge in [0.2, 0.25) is 0 Å². The van der Waals surface area contributed by atoms with Crippen LogP contribution in [0.25, 0.3) is 0 Å². The predicted octanol–water partition coefficient (Wildman–Crippen LogP) is -0.233. The Morgan fingerprint density at radius 3 is 2.61 bits per heavy atom. The largest absolute Gasteiger partial charge is 0.465 e. The molecule has 0 saturated carbocycles. The van der Waals surface area contributed by atoms with Gasteiger partial charge in [0.05, 0.1) is 25.9 Å². The van der Waals surface area contributed by atoms with Crippen LogP contribution in [0, 0.1) is 5.92 Å². The molecule has 18 heavy (non-hydrogen) atoms. The van der Waals surface area contributed by atoms with Gasteiger partial charge in [-0.2, -0.15) is 0 Å². The zero-order valence-electron chi connectivity index (χ0n) is 10.5. The summed E-state index contributed by atoms with van der Waals surface area (Å²) in [6.07, 6.45) is -0.619. The molecule has 0 aliphatic carbocycles. The van der Waals surface area contributed by atoms with E-state index in [1.165, 1.54) is 0 Å². The van der Waals surface area contributed by atoms with Crippen molar-refractivity contribution in [1.82, 2.24) is 0 Å². The first-order chi connectivity index (χ1) is 8.45. The molecule has 2 fully saturated rings. The Balaban J connectivity index is 2.05. The summed E-state index contributed by atoms with van der Waals surface area (Å²) in [5.74, 6) is -1.12. The molecular weight excluding hydrogens is 260 g/mol. The van der Waals surface area contributed by atoms with E-state index in [9.17, 15) is 13.2 Å². The maximum atomic E-state index is 12.1.